The summed E-state index contributed by atoms with van der Waals surface area (Å²) in [5.74, 6) is -1.22. The third-order valence-electron chi connectivity index (χ3n) is 13.9. The normalized spacial score (nSPS) is 21.4. The SMILES string of the molecule is COC[C@@H]1NC(=O)[C@H](C)N(Cc2ccc(Cl)cc2Oc2ccc(-c3cnc(CN4CCCC4)n3C)cc2)C(=O)C[C@@H](Cc2ccccc2)C(=O)N(C)[C@@H](C)CNC(=O)C[C@H](Cc2ccc(Cl)cc2)N(C)C1=O. The van der Waals surface area contributed by atoms with Crippen LogP contribution in [-0.4, -0.2) is 130 Å². The average molecular weight is 1020 g/mol. The molecule has 2 aliphatic rings. The Morgan fingerprint density at radius 2 is 1.43 bits per heavy atom. The van der Waals surface area contributed by atoms with Crippen LogP contribution in [0.25, 0.3) is 11.3 Å². The minimum atomic E-state index is -1.19. The van der Waals surface area contributed by atoms with Crippen molar-refractivity contribution in [3.8, 4) is 22.8 Å². The number of aromatic nitrogens is 2. The third kappa shape index (κ3) is 13.8. The maximum absolute atomic E-state index is 15.1. The Kier molecular flexibility index (Phi) is 18.5. The lowest BCUT2D eigenvalue weighted by Gasteiger charge is -2.35. The number of rotatable bonds is 13. The molecular formula is C55H66Cl2N8O7. The Morgan fingerprint density at radius 1 is 0.750 bits per heavy atom. The van der Waals surface area contributed by atoms with E-state index < -0.39 is 47.8 Å². The van der Waals surface area contributed by atoms with Gasteiger partial charge in [0.05, 0.1) is 37.5 Å². The molecule has 2 saturated heterocycles. The van der Waals surface area contributed by atoms with Crippen molar-refractivity contribution in [2.75, 3.05) is 47.4 Å². The number of benzene rings is 4. The van der Waals surface area contributed by atoms with Gasteiger partial charge in [-0.2, -0.15) is 0 Å². The molecule has 0 radical (unpaired) electrons. The highest BCUT2D eigenvalue weighted by Gasteiger charge is 2.36. The van der Waals surface area contributed by atoms with Crippen molar-refractivity contribution in [2.24, 2.45) is 13.0 Å². The summed E-state index contributed by atoms with van der Waals surface area (Å²) in [6.45, 7) is 6.17. The standard InChI is InChI=1S/C55H66Cl2N8O7/c1-36-31-59-51(66)30-45(27-39-14-19-43(56)20-15-39)62(4)55(70)47(35-71-6)60-53(68)37(2)65(52(67)28-42(54(69)61(36)3)26-38-12-8-7-9-13-38)33-41-16-21-44(57)29-49(41)72-46-22-17-40(18-23-46)48-32-58-50(63(48)5)34-64-24-10-11-25-64/h7-9,12-23,29,32,36-37,42,45,47H,10-11,24-28,30-31,33-35H2,1-6H3,(H,59,66)(H,60,68)/t36-,37-,42+,45-,47-/m0/s1. The van der Waals surface area contributed by atoms with E-state index in [-0.39, 0.29) is 50.8 Å². The molecule has 5 aromatic rings. The van der Waals surface area contributed by atoms with E-state index in [0.717, 1.165) is 47.8 Å². The number of hydrogen-bond donors (Lipinski definition) is 2. The first-order valence-corrected chi connectivity index (χ1v) is 25.3. The molecule has 0 saturated carbocycles. The number of likely N-dealkylation sites (tertiary alicyclic amines) is 1. The fourth-order valence-electron chi connectivity index (χ4n) is 9.31. The first-order valence-electron chi connectivity index (χ1n) is 24.5. The van der Waals surface area contributed by atoms with Gasteiger partial charge in [0.2, 0.25) is 29.5 Å². The molecule has 1 aromatic heterocycles. The first kappa shape index (κ1) is 53.5. The fourth-order valence-corrected chi connectivity index (χ4v) is 9.59. The van der Waals surface area contributed by atoms with Crippen LogP contribution in [0.15, 0.2) is 103 Å². The number of imidazole rings is 1. The van der Waals surface area contributed by atoms with Crippen LogP contribution < -0.4 is 15.4 Å². The fraction of sp³-hybridized carbons (Fsp3) is 0.418. The summed E-state index contributed by atoms with van der Waals surface area (Å²) in [5.41, 5.74) is 4.16. The van der Waals surface area contributed by atoms with Crippen LogP contribution in [0, 0.1) is 5.92 Å². The van der Waals surface area contributed by atoms with E-state index in [0.29, 0.717) is 33.5 Å². The van der Waals surface area contributed by atoms with Gasteiger partial charge in [-0.25, -0.2) is 4.98 Å². The van der Waals surface area contributed by atoms with E-state index in [1.165, 1.54) is 29.8 Å². The number of nitrogens with zero attached hydrogens (tertiary/aromatic N) is 6. The molecule has 0 unspecified atom stereocenters. The summed E-state index contributed by atoms with van der Waals surface area (Å²) < 4.78 is 14.1. The largest absolute Gasteiger partial charge is 0.457 e. The van der Waals surface area contributed by atoms with E-state index in [1.54, 1.807) is 56.3 Å². The van der Waals surface area contributed by atoms with Crippen LogP contribution in [0.1, 0.15) is 62.0 Å². The molecule has 2 N–H and O–H groups in total. The van der Waals surface area contributed by atoms with Gasteiger partial charge in [0.15, 0.2) is 0 Å². The molecule has 0 spiro atoms. The second-order valence-electron chi connectivity index (χ2n) is 19.0. The second kappa shape index (κ2) is 24.9. The lowest BCUT2D eigenvalue weighted by Crippen LogP contribution is -2.57. The van der Waals surface area contributed by atoms with E-state index in [4.69, 9.17) is 37.7 Å². The number of ether oxygens (including phenoxy) is 2. The van der Waals surface area contributed by atoms with Crippen molar-refractivity contribution in [3.63, 3.8) is 0 Å². The van der Waals surface area contributed by atoms with Gasteiger partial charge in [0.1, 0.15) is 29.4 Å². The van der Waals surface area contributed by atoms with Gasteiger partial charge in [-0.15, -0.1) is 0 Å². The Hall–Kier alpha value is -6.26. The van der Waals surface area contributed by atoms with E-state index >= 15 is 4.79 Å². The number of carbonyl (C=O) groups is 5. The van der Waals surface area contributed by atoms with E-state index in [2.05, 4.69) is 20.1 Å². The van der Waals surface area contributed by atoms with Crippen LogP contribution in [0.2, 0.25) is 10.0 Å². The molecule has 0 bridgehead atoms. The monoisotopic (exact) mass is 1020 g/mol. The number of halogens is 2. The Balaban J connectivity index is 1.21. The van der Waals surface area contributed by atoms with Crippen molar-refractivity contribution >= 4 is 52.7 Å². The van der Waals surface area contributed by atoms with E-state index in [9.17, 15) is 19.2 Å². The molecule has 382 valence electrons. The zero-order valence-corrected chi connectivity index (χ0v) is 43.5. The van der Waals surface area contributed by atoms with Crippen LogP contribution in [-0.2, 0) is 61.7 Å². The maximum atomic E-state index is 15.1. The van der Waals surface area contributed by atoms with Crippen molar-refractivity contribution < 1.29 is 33.4 Å². The van der Waals surface area contributed by atoms with Crippen molar-refractivity contribution in [2.45, 2.75) is 89.6 Å². The van der Waals surface area contributed by atoms with Crippen molar-refractivity contribution in [3.05, 3.63) is 136 Å². The molecule has 2 fully saturated rings. The number of nitrogens with one attached hydrogen (secondary N) is 2. The van der Waals surface area contributed by atoms with Gasteiger partial charge >= 0.3 is 0 Å². The lowest BCUT2D eigenvalue weighted by molar-refractivity contribution is -0.147. The summed E-state index contributed by atoms with van der Waals surface area (Å²) in [4.78, 5) is 84.0. The van der Waals surface area contributed by atoms with Gasteiger partial charge < -0.3 is 39.4 Å². The molecule has 5 amide bonds. The Bertz CT molecular complexity index is 2660. The molecular weight excluding hydrogens is 956 g/mol. The highest BCUT2D eigenvalue weighted by atomic mass is 35.5. The predicted octanol–water partition coefficient (Wildman–Crippen LogP) is 7.32. The zero-order valence-electron chi connectivity index (χ0n) is 42.0. The molecule has 2 aliphatic heterocycles. The van der Waals surface area contributed by atoms with Crippen LogP contribution in [0.3, 0.4) is 0 Å². The molecule has 5 atom stereocenters. The molecule has 0 aliphatic carbocycles. The summed E-state index contributed by atoms with van der Waals surface area (Å²) >= 11 is 12.8. The minimum Gasteiger partial charge on any atom is -0.457 e. The smallest absolute Gasteiger partial charge is 0.247 e. The van der Waals surface area contributed by atoms with Crippen LogP contribution >= 0.6 is 23.2 Å². The average Bonchev–Trinajstić information content (AvgIpc) is 4.03. The lowest BCUT2D eigenvalue weighted by atomic mass is 9.93. The number of carbonyl (C=O) groups excluding carboxylic acids is 5. The zero-order chi connectivity index (χ0) is 51.5. The summed E-state index contributed by atoms with van der Waals surface area (Å²) in [6, 6.07) is 25.8. The minimum absolute atomic E-state index is 0.0714. The van der Waals surface area contributed by atoms with Gasteiger partial charge in [0, 0.05) is 80.9 Å². The number of methoxy groups -OCH3 is 1. The molecule has 15 nitrogen and oxygen atoms in total. The molecule has 4 aromatic carbocycles. The van der Waals surface area contributed by atoms with Gasteiger partial charge in [-0.3, -0.25) is 28.9 Å². The van der Waals surface area contributed by atoms with Gasteiger partial charge in [-0.1, -0.05) is 71.7 Å². The Morgan fingerprint density at radius 3 is 2.12 bits per heavy atom. The number of likely N-dealkylation sites (N-methyl/N-ethyl adjacent to an activating group) is 2. The molecule has 72 heavy (non-hydrogen) atoms. The summed E-state index contributed by atoms with van der Waals surface area (Å²) in [5, 5.41) is 6.77. The Labute approximate surface area is 432 Å². The topological polar surface area (TPSA) is 159 Å². The molecule has 7 rings (SSSR count). The first-order chi connectivity index (χ1) is 34.6. The highest BCUT2D eigenvalue weighted by molar-refractivity contribution is 6.31. The van der Waals surface area contributed by atoms with Crippen LogP contribution in [0.4, 0.5) is 0 Å². The number of amides is 5. The van der Waals surface area contributed by atoms with Crippen molar-refractivity contribution in [1.29, 1.82) is 0 Å². The summed E-state index contributed by atoms with van der Waals surface area (Å²) in [7, 11) is 6.70. The van der Waals surface area contributed by atoms with Crippen molar-refractivity contribution in [1.82, 2.24) is 39.8 Å². The van der Waals surface area contributed by atoms with Gasteiger partial charge in [-0.05, 0) is 112 Å². The predicted molar refractivity (Wildman–Crippen MR) is 278 cm³/mol. The van der Waals surface area contributed by atoms with Gasteiger partial charge in [0.25, 0.3) is 0 Å². The quantitative estimate of drug-likeness (QED) is 0.123. The van der Waals surface area contributed by atoms with Crippen LogP contribution in [0.5, 0.6) is 11.5 Å². The molecule has 3 heterocycles. The summed E-state index contributed by atoms with van der Waals surface area (Å²) in [6.07, 6.45) is 4.50. The highest BCUT2D eigenvalue weighted by Crippen LogP contribution is 2.33. The second-order valence-corrected chi connectivity index (χ2v) is 19.9. The van der Waals surface area contributed by atoms with E-state index in [1.807, 2.05) is 86.9 Å². The number of hydrogen-bond acceptors (Lipinski definition) is 9. The third-order valence-corrected chi connectivity index (χ3v) is 14.4. The molecule has 17 heteroatoms. The maximum Gasteiger partial charge on any atom is 0.247 e.